The highest BCUT2D eigenvalue weighted by atomic mass is 32.2. The van der Waals surface area contributed by atoms with Gasteiger partial charge in [0.25, 0.3) is 5.56 Å². The summed E-state index contributed by atoms with van der Waals surface area (Å²) in [6, 6.07) is 1.49. The van der Waals surface area contributed by atoms with Crippen molar-refractivity contribution in [2.45, 2.75) is 24.8 Å². The lowest BCUT2D eigenvalue weighted by Gasteiger charge is -2.05. The van der Waals surface area contributed by atoms with Crippen molar-refractivity contribution >= 4 is 29.1 Å². The summed E-state index contributed by atoms with van der Waals surface area (Å²) in [6.45, 7) is 3.87. The van der Waals surface area contributed by atoms with E-state index in [2.05, 4.69) is 9.97 Å². The zero-order chi connectivity index (χ0) is 15.4. The van der Waals surface area contributed by atoms with Gasteiger partial charge in [-0.2, -0.15) is 0 Å². The molecule has 0 aliphatic rings. The van der Waals surface area contributed by atoms with Crippen LogP contribution in [0.3, 0.4) is 0 Å². The molecule has 2 aromatic rings. The number of carbonyl (C=O) groups is 1. The number of esters is 1. The van der Waals surface area contributed by atoms with Gasteiger partial charge in [-0.1, -0.05) is 11.8 Å². The Labute approximate surface area is 130 Å². The Morgan fingerprint density at radius 1 is 1.48 bits per heavy atom. The highest BCUT2D eigenvalue weighted by molar-refractivity contribution is 7.98. The van der Waals surface area contributed by atoms with Crippen molar-refractivity contribution in [1.29, 1.82) is 0 Å². The lowest BCUT2D eigenvalue weighted by atomic mass is 10.4. The number of aromatic nitrogens is 3. The standard InChI is InChI=1S/C13H15N3O3S2/c1-4-19-12(18)9-6-20-10(15-9)7-21-13-14-8(2)5-11(17)16(13)3/h5-6H,4,7H2,1-3H3. The summed E-state index contributed by atoms with van der Waals surface area (Å²) in [5.41, 5.74) is 0.923. The van der Waals surface area contributed by atoms with E-state index < -0.39 is 5.97 Å². The van der Waals surface area contributed by atoms with E-state index in [1.165, 1.54) is 33.7 Å². The largest absolute Gasteiger partial charge is 0.461 e. The molecule has 0 aromatic carbocycles. The lowest BCUT2D eigenvalue weighted by Crippen LogP contribution is -2.19. The fraction of sp³-hybridized carbons (Fsp3) is 0.385. The van der Waals surface area contributed by atoms with Crippen LogP contribution < -0.4 is 5.56 Å². The Morgan fingerprint density at radius 3 is 2.95 bits per heavy atom. The summed E-state index contributed by atoms with van der Waals surface area (Å²) in [7, 11) is 1.68. The fourth-order valence-electron chi connectivity index (χ4n) is 1.56. The van der Waals surface area contributed by atoms with Gasteiger partial charge in [0.15, 0.2) is 10.9 Å². The van der Waals surface area contributed by atoms with Gasteiger partial charge < -0.3 is 4.74 Å². The SMILES string of the molecule is CCOC(=O)c1csc(CSc2nc(C)cc(=O)n2C)n1. The predicted molar refractivity (Wildman–Crippen MR) is 81.8 cm³/mol. The van der Waals surface area contributed by atoms with Crippen LogP contribution in [-0.4, -0.2) is 27.1 Å². The molecule has 0 unspecified atom stereocenters. The monoisotopic (exact) mass is 325 g/mol. The van der Waals surface area contributed by atoms with Gasteiger partial charge in [-0.05, 0) is 13.8 Å². The number of ether oxygens (including phenoxy) is 1. The van der Waals surface area contributed by atoms with E-state index in [0.717, 1.165) is 5.01 Å². The highest BCUT2D eigenvalue weighted by Gasteiger charge is 2.12. The van der Waals surface area contributed by atoms with Gasteiger partial charge in [-0.15, -0.1) is 11.3 Å². The Kier molecular flexibility index (Phi) is 5.13. The molecular formula is C13H15N3O3S2. The van der Waals surface area contributed by atoms with E-state index in [9.17, 15) is 9.59 Å². The number of aryl methyl sites for hydroxylation is 1. The second-order valence-electron chi connectivity index (χ2n) is 4.21. The molecule has 0 N–H and O–H groups in total. The topological polar surface area (TPSA) is 74.1 Å². The van der Waals surface area contributed by atoms with Crippen molar-refractivity contribution in [3.8, 4) is 0 Å². The molecule has 21 heavy (non-hydrogen) atoms. The van der Waals surface area contributed by atoms with E-state index in [1.54, 1.807) is 26.3 Å². The van der Waals surface area contributed by atoms with Crippen molar-refractivity contribution < 1.29 is 9.53 Å². The number of hydrogen-bond acceptors (Lipinski definition) is 7. The fourth-order valence-corrected chi connectivity index (χ4v) is 3.37. The summed E-state index contributed by atoms with van der Waals surface area (Å²) in [6.07, 6.45) is 0. The Balaban J connectivity index is 2.07. The van der Waals surface area contributed by atoms with E-state index in [1.807, 2.05) is 0 Å². The molecule has 0 bridgehead atoms. The Bertz CT molecular complexity index is 709. The minimum absolute atomic E-state index is 0.0867. The molecular weight excluding hydrogens is 310 g/mol. The minimum Gasteiger partial charge on any atom is -0.461 e. The molecule has 2 heterocycles. The molecule has 0 saturated carbocycles. The normalized spacial score (nSPS) is 10.6. The smallest absolute Gasteiger partial charge is 0.357 e. The van der Waals surface area contributed by atoms with Crippen LogP contribution in [-0.2, 0) is 17.5 Å². The summed E-state index contributed by atoms with van der Waals surface area (Å²) >= 11 is 2.80. The molecule has 0 fully saturated rings. The molecule has 2 rings (SSSR count). The summed E-state index contributed by atoms with van der Waals surface area (Å²) in [5.74, 6) is 0.138. The molecule has 0 aliphatic heterocycles. The number of nitrogens with zero attached hydrogens (tertiary/aromatic N) is 3. The number of thioether (sulfide) groups is 1. The number of rotatable bonds is 5. The van der Waals surface area contributed by atoms with Crippen molar-refractivity contribution in [2.24, 2.45) is 7.05 Å². The van der Waals surface area contributed by atoms with Crippen molar-refractivity contribution in [3.63, 3.8) is 0 Å². The van der Waals surface area contributed by atoms with Gasteiger partial charge in [0.2, 0.25) is 0 Å². The zero-order valence-corrected chi connectivity index (χ0v) is 13.6. The van der Waals surface area contributed by atoms with Crippen LogP contribution in [0.5, 0.6) is 0 Å². The van der Waals surface area contributed by atoms with Gasteiger partial charge in [0, 0.05) is 24.2 Å². The van der Waals surface area contributed by atoms with Gasteiger partial charge in [0.05, 0.1) is 12.4 Å². The molecule has 8 heteroatoms. The average Bonchev–Trinajstić information content (AvgIpc) is 2.90. The van der Waals surface area contributed by atoms with Crippen molar-refractivity contribution in [2.75, 3.05) is 6.61 Å². The average molecular weight is 325 g/mol. The van der Waals surface area contributed by atoms with Crippen LogP contribution in [0.15, 0.2) is 21.4 Å². The molecule has 112 valence electrons. The Morgan fingerprint density at radius 2 is 2.24 bits per heavy atom. The van der Waals surface area contributed by atoms with Gasteiger partial charge in [-0.25, -0.2) is 14.8 Å². The maximum atomic E-state index is 11.7. The van der Waals surface area contributed by atoms with E-state index in [-0.39, 0.29) is 5.56 Å². The molecule has 0 radical (unpaired) electrons. The van der Waals surface area contributed by atoms with Crippen LogP contribution in [0.2, 0.25) is 0 Å². The molecule has 2 aromatic heterocycles. The highest BCUT2D eigenvalue weighted by Crippen LogP contribution is 2.22. The maximum absolute atomic E-state index is 11.7. The summed E-state index contributed by atoms with van der Waals surface area (Å²) in [5, 5.41) is 3.10. The van der Waals surface area contributed by atoms with Crippen LogP contribution in [0.4, 0.5) is 0 Å². The molecule has 0 spiro atoms. The van der Waals surface area contributed by atoms with Crippen LogP contribution in [0.25, 0.3) is 0 Å². The molecule has 0 saturated heterocycles. The van der Waals surface area contributed by atoms with Crippen LogP contribution in [0.1, 0.15) is 28.1 Å². The summed E-state index contributed by atoms with van der Waals surface area (Å²) in [4.78, 5) is 31.8. The van der Waals surface area contributed by atoms with E-state index in [4.69, 9.17) is 4.74 Å². The Hall–Kier alpha value is -1.67. The predicted octanol–water partition coefficient (Wildman–Crippen LogP) is 2.01. The van der Waals surface area contributed by atoms with E-state index >= 15 is 0 Å². The number of thiazole rings is 1. The van der Waals surface area contributed by atoms with Crippen LogP contribution >= 0.6 is 23.1 Å². The van der Waals surface area contributed by atoms with Gasteiger partial charge >= 0.3 is 5.97 Å². The lowest BCUT2D eigenvalue weighted by molar-refractivity contribution is 0.0520. The molecule has 0 atom stereocenters. The first-order chi connectivity index (χ1) is 10.0. The van der Waals surface area contributed by atoms with Crippen LogP contribution in [0, 0.1) is 6.92 Å². The first kappa shape index (κ1) is 15.7. The van der Waals surface area contributed by atoms with Gasteiger partial charge in [0.1, 0.15) is 5.01 Å². The third-order valence-corrected chi connectivity index (χ3v) is 4.66. The second-order valence-corrected chi connectivity index (χ2v) is 6.10. The van der Waals surface area contributed by atoms with Crippen molar-refractivity contribution in [3.05, 3.63) is 38.2 Å². The first-order valence-electron chi connectivity index (χ1n) is 6.30. The van der Waals surface area contributed by atoms with E-state index in [0.29, 0.717) is 28.9 Å². The first-order valence-corrected chi connectivity index (χ1v) is 8.16. The minimum atomic E-state index is -0.411. The number of carbonyl (C=O) groups excluding carboxylic acids is 1. The third-order valence-electron chi connectivity index (χ3n) is 2.58. The number of hydrogen-bond donors (Lipinski definition) is 0. The zero-order valence-electron chi connectivity index (χ0n) is 12.0. The molecule has 0 amide bonds. The maximum Gasteiger partial charge on any atom is 0.357 e. The molecule has 0 aliphatic carbocycles. The summed E-state index contributed by atoms with van der Waals surface area (Å²) < 4.78 is 6.39. The third kappa shape index (κ3) is 3.92. The second kappa shape index (κ2) is 6.86. The van der Waals surface area contributed by atoms with Gasteiger partial charge in [-0.3, -0.25) is 9.36 Å². The molecule has 6 nitrogen and oxygen atoms in total. The quantitative estimate of drug-likeness (QED) is 0.476. The van der Waals surface area contributed by atoms with Crippen molar-refractivity contribution in [1.82, 2.24) is 14.5 Å².